The lowest BCUT2D eigenvalue weighted by Crippen LogP contribution is -2.26. The molecule has 1 aliphatic rings. The summed E-state index contributed by atoms with van der Waals surface area (Å²) < 4.78 is 13.1. The minimum Gasteiger partial charge on any atom is -0.391 e. The van der Waals surface area contributed by atoms with Crippen molar-refractivity contribution in [2.24, 2.45) is 0 Å². The largest absolute Gasteiger partial charge is 0.391 e. The predicted octanol–water partition coefficient (Wildman–Crippen LogP) is 2.54. The second kappa shape index (κ2) is 5.41. The normalized spacial score (nSPS) is 21.8. The van der Waals surface area contributed by atoms with Gasteiger partial charge in [-0.3, -0.25) is 0 Å². The van der Waals surface area contributed by atoms with Crippen molar-refractivity contribution in [3.8, 4) is 0 Å². The van der Waals surface area contributed by atoms with E-state index in [1.807, 2.05) is 18.7 Å². The topological polar surface area (TPSA) is 49.2 Å². The fourth-order valence-corrected chi connectivity index (χ4v) is 2.69. The second-order valence-corrected chi connectivity index (χ2v) is 5.55. The van der Waals surface area contributed by atoms with Gasteiger partial charge in [0.2, 0.25) is 5.95 Å². The van der Waals surface area contributed by atoms with Gasteiger partial charge in [0, 0.05) is 18.4 Å². The Bertz CT molecular complexity index is 644. The zero-order chi connectivity index (χ0) is 15.0. The summed E-state index contributed by atoms with van der Waals surface area (Å²) in [6, 6.07) is 6.37. The van der Waals surface area contributed by atoms with Crippen LogP contribution in [0.3, 0.4) is 0 Å². The zero-order valence-corrected chi connectivity index (χ0v) is 12.1. The Balaban J connectivity index is 1.95. The number of hydrogen-bond acceptors (Lipinski definition) is 4. The number of aliphatic hydroxyl groups excluding tert-OH is 1. The molecule has 3 rings (SSSR count). The number of nitrogens with zero attached hydrogens (tertiary/aromatic N) is 3. The van der Waals surface area contributed by atoms with Crippen molar-refractivity contribution in [1.29, 1.82) is 0 Å². The van der Waals surface area contributed by atoms with E-state index in [2.05, 4.69) is 9.97 Å². The van der Waals surface area contributed by atoms with E-state index in [0.29, 0.717) is 18.9 Å². The Morgan fingerprint density at radius 3 is 2.62 bits per heavy atom. The second-order valence-electron chi connectivity index (χ2n) is 5.55. The molecule has 1 N–H and O–H groups in total. The summed E-state index contributed by atoms with van der Waals surface area (Å²) in [5.41, 5.74) is 2.94. The van der Waals surface area contributed by atoms with Gasteiger partial charge in [-0.1, -0.05) is 12.1 Å². The lowest BCUT2D eigenvalue weighted by Gasteiger charge is -2.25. The molecule has 0 saturated carbocycles. The number of aryl methyl sites for hydroxylation is 2. The van der Waals surface area contributed by atoms with Crippen LogP contribution in [0, 0.1) is 19.7 Å². The summed E-state index contributed by atoms with van der Waals surface area (Å²) in [6.07, 6.45) is 1.97. The zero-order valence-electron chi connectivity index (χ0n) is 12.1. The molecule has 0 radical (unpaired) electrons. The van der Waals surface area contributed by atoms with E-state index in [1.165, 1.54) is 12.1 Å². The number of aliphatic hydroxyl groups is 1. The number of β-amino-alcohol motifs (C(OH)–C–C–N with tert-alkyl or cyclic N) is 1. The van der Waals surface area contributed by atoms with Crippen LogP contribution in [-0.2, 0) is 0 Å². The molecule has 4 nitrogen and oxygen atoms in total. The summed E-state index contributed by atoms with van der Waals surface area (Å²) in [5.74, 6) is 0.357. The number of rotatable bonds is 2. The van der Waals surface area contributed by atoms with E-state index in [4.69, 9.17) is 0 Å². The summed E-state index contributed by atoms with van der Waals surface area (Å²) in [5, 5.41) is 10.00. The van der Waals surface area contributed by atoms with E-state index >= 15 is 0 Å². The van der Waals surface area contributed by atoms with Crippen molar-refractivity contribution in [2.45, 2.75) is 32.4 Å². The lowest BCUT2D eigenvalue weighted by molar-refractivity contribution is 0.194. The third-order valence-electron chi connectivity index (χ3n) is 4.00. The molecule has 0 aliphatic carbocycles. The number of aromatic nitrogens is 2. The summed E-state index contributed by atoms with van der Waals surface area (Å²) in [4.78, 5) is 10.9. The molecule has 0 spiro atoms. The van der Waals surface area contributed by atoms with Crippen LogP contribution in [0.1, 0.15) is 29.3 Å². The van der Waals surface area contributed by atoms with Crippen molar-refractivity contribution in [2.75, 3.05) is 11.4 Å². The average Bonchev–Trinajstić information content (AvgIpc) is 2.85. The van der Waals surface area contributed by atoms with Crippen LogP contribution in [0.15, 0.2) is 30.5 Å². The van der Waals surface area contributed by atoms with Crippen LogP contribution >= 0.6 is 0 Å². The molecule has 2 heterocycles. The molecule has 110 valence electrons. The third-order valence-corrected chi connectivity index (χ3v) is 4.00. The molecule has 1 aromatic carbocycles. The van der Waals surface area contributed by atoms with Gasteiger partial charge in [0.05, 0.1) is 12.1 Å². The molecule has 2 atom stereocenters. The minimum atomic E-state index is -0.426. The Morgan fingerprint density at radius 1 is 1.24 bits per heavy atom. The molecular formula is C16H18FN3O. The molecular weight excluding hydrogens is 269 g/mol. The van der Waals surface area contributed by atoms with Crippen LogP contribution in [0.25, 0.3) is 0 Å². The van der Waals surface area contributed by atoms with Crippen LogP contribution in [-0.4, -0.2) is 27.7 Å². The highest BCUT2D eigenvalue weighted by molar-refractivity contribution is 5.40. The summed E-state index contributed by atoms with van der Waals surface area (Å²) in [7, 11) is 0. The van der Waals surface area contributed by atoms with E-state index < -0.39 is 6.10 Å². The number of halogens is 1. The molecule has 0 bridgehead atoms. The first-order valence-corrected chi connectivity index (χ1v) is 7.05. The molecule has 21 heavy (non-hydrogen) atoms. The molecule has 1 fully saturated rings. The van der Waals surface area contributed by atoms with Gasteiger partial charge in [-0.15, -0.1) is 0 Å². The highest BCUT2D eigenvalue weighted by Gasteiger charge is 2.33. The standard InChI is InChI=1S/C16H18FN3O/c1-10-8-18-16(19-11(10)2)20-9-14(21)7-15(20)12-3-5-13(17)6-4-12/h3-6,8,14-15,21H,7,9H2,1-2H3/t14-,15-/m0/s1. The predicted molar refractivity (Wildman–Crippen MR) is 78.6 cm³/mol. The fraction of sp³-hybridized carbons (Fsp3) is 0.375. The maximum Gasteiger partial charge on any atom is 0.226 e. The summed E-state index contributed by atoms with van der Waals surface area (Å²) >= 11 is 0. The SMILES string of the molecule is Cc1cnc(N2C[C@@H](O)C[C@H]2c2ccc(F)cc2)nc1C. The van der Waals surface area contributed by atoms with Gasteiger partial charge < -0.3 is 10.0 Å². The molecule has 1 aliphatic heterocycles. The molecule has 1 aromatic heterocycles. The van der Waals surface area contributed by atoms with Crippen LogP contribution < -0.4 is 4.90 Å². The lowest BCUT2D eigenvalue weighted by atomic mass is 10.0. The average molecular weight is 287 g/mol. The molecule has 0 unspecified atom stereocenters. The number of benzene rings is 1. The number of hydrogen-bond donors (Lipinski definition) is 1. The van der Waals surface area contributed by atoms with Gasteiger partial charge in [-0.2, -0.15) is 0 Å². The van der Waals surface area contributed by atoms with Crippen LogP contribution in [0.5, 0.6) is 0 Å². The first-order valence-electron chi connectivity index (χ1n) is 7.05. The van der Waals surface area contributed by atoms with Gasteiger partial charge in [-0.05, 0) is 43.5 Å². The Labute approximate surface area is 123 Å². The maximum absolute atomic E-state index is 13.1. The van der Waals surface area contributed by atoms with E-state index in [-0.39, 0.29) is 11.9 Å². The van der Waals surface area contributed by atoms with E-state index in [0.717, 1.165) is 16.8 Å². The monoisotopic (exact) mass is 287 g/mol. The molecule has 5 heteroatoms. The molecule has 2 aromatic rings. The van der Waals surface area contributed by atoms with Crippen molar-refractivity contribution in [3.63, 3.8) is 0 Å². The van der Waals surface area contributed by atoms with Gasteiger partial charge in [0.15, 0.2) is 0 Å². The first-order chi connectivity index (χ1) is 10.0. The highest BCUT2D eigenvalue weighted by Crippen LogP contribution is 2.34. The van der Waals surface area contributed by atoms with Crippen molar-refractivity contribution >= 4 is 5.95 Å². The van der Waals surface area contributed by atoms with Crippen molar-refractivity contribution in [3.05, 3.63) is 53.1 Å². The third kappa shape index (κ3) is 2.74. The van der Waals surface area contributed by atoms with E-state index in [1.54, 1.807) is 18.3 Å². The Hall–Kier alpha value is -2.01. The van der Waals surface area contributed by atoms with Gasteiger partial charge >= 0.3 is 0 Å². The molecule has 0 amide bonds. The van der Waals surface area contributed by atoms with Crippen molar-refractivity contribution < 1.29 is 9.50 Å². The van der Waals surface area contributed by atoms with E-state index in [9.17, 15) is 9.50 Å². The molecule has 1 saturated heterocycles. The van der Waals surface area contributed by atoms with Crippen LogP contribution in [0.4, 0.5) is 10.3 Å². The minimum absolute atomic E-state index is 0.0253. The fourth-order valence-electron chi connectivity index (χ4n) is 2.69. The Morgan fingerprint density at radius 2 is 1.95 bits per heavy atom. The van der Waals surface area contributed by atoms with Crippen molar-refractivity contribution in [1.82, 2.24) is 9.97 Å². The number of anilines is 1. The van der Waals surface area contributed by atoms with Gasteiger partial charge in [-0.25, -0.2) is 14.4 Å². The van der Waals surface area contributed by atoms with Gasteiger partial charge in [0.1, 0.15) is 5.82 Å². The van der Waals surface area contributed by atoms with Gasteiger partial charge in [0.25, 0.3) is 0 Å². The first kappa shape index (κ1) is 13.9. The summed E-state index contributed by atoms with van der Waals surface area (Å²) in [6.45, 7) is 4.40. The van der Waals surface area contributed by atoms with Crippen LogP contribution in [0.2, 0.25) is 0 Å². The smallest absolute Gasteiger partial charge is 0.226 e. The Kier molecular flexibility index (Phi) is 3.59. The quantitative estimate of drug-likeness (QED) is 0.922. The maximum atomic E-state index is 13.1. The highest BCUT2D eigenvalue weighted by atomic mass is 19.1.